The van der Waals surface area contributed by atoms with E-state index in [0.29, 0.717) is 10.8 Å². The van der Waals surface area contributed by atoms with Gasteiger partial charge in [0.15, 0.2) is 0 Å². The maximum atomic E-state index is 10.9. The second-order valence-corrected chi connectivity index (χ2v) is 3.65. The van der Waals surface area contributed by atoms with Crippen molar-refractivity contribution >= 4 is 24.2 Å². The fourth-order valence-corrected chi connectivity index (χ4v) is 1.82. The van der Waals surface area contributed by atoms with Gasteiger partial charge in [-0.25, -0.2) is 0 Å². The number of para-hydroxylation sites is 1. The molecule has 3 nitrogen and oxygen atoms in total. The Labute approximate surface area is 75.9 Å². The molecule has 1 unspecified atom stereocenters. The van der Waals surface area contributed by atoms with Gasteiger partial charge in [0.25, 0.3) is 0 Å². The molecular weight excluding hydrogens is 185 g/mol. The second-order valence-electron chi connectivity index (χ2n) is 2.63. The zero-order valence-electron chi connectivity index (χ0n) is 6.71. The van der Waals surface area contributed by atoms with E-state index in [1.54, 1.807) is 24.4 Å². The number of benzene rings is 1. The summed E-state index contributed by atoms with van der Waals surface area (Å²) in [6.07, 6.45) is 1.62. The van der Waals surface area contributed by atoms with Crippen molar-refractivity contribution in [1.82, 2.24) is 4.98 Å². The van der Waals surface area contributed by atoms with Crippen LogP contribution in [0.15, 0.2) is 36.5 Å². The standard InChI is InChI=1S/C9H6NO2P/c11-13(12)8-5-1-3-7-4-2-6-10-9(7)8/h1-6H/p+1. The van der Waals surface area contributed by atoms with Gasteiger partial charge >= 0.3 is 8.03 Å². The molecule has 1 aromatic heterocycles. The maximum Gasteiger partial charge on any atom is 0.548 e. The summed E-state index contributed by atoms with van der Waals surface area (Å²) in [6.45, 7) is 0. The van der Waals surface area contributed by atoms with E-state index < -0.39 is 8.03 Å². The highest BCUT2D eigenvalue weighted by Crippen LogP contribution is 2.19. The number of hydrogen-bond acceptors (Lipinski definition) is 2. The first kappa shape index (κ1) is 8.30. The van der Waals surface area contributed by atoms with E-state index in [1.807, 2.05) is 12.1 Å². The molecule has 0 aliphatic rings. The zero-order valence-corrected chi connectivity index (χ0v) is 7.61. The van der Waals surface area contributed by atoms with Crippen LogP contribution in [0.2, 0.25) is 0 Å². The van der Waals surface area contributed by atoms with Crippen molar-refractivity contribution in [1.29, 1.82) is 0 Å². The van der Waals surface area contributed by atoms with Crippen LogP contribution in [0.4, 0.5) is 0 Å². The van der Waals surface area contributed by atoms with Crippen molar-refractivity contribution in [2.45, 2.75) is 0 Å². The number of nitrogens with zero attached hydrogens (tertiary/aromatic N) is 1. The Morgan fingerprint density at radius 1 is 1.23 bits per heavy atom. The molecule has 0 spiro atoms. The molecule has 64 valence electrons. The molecule has 0 saturated heterocycles. The first-order valence-electron chi connectivity index (χ1n) is 3.79. The Balaban J connectivity index is 2.83. The minimum Gasteiger partial charge on any atom is -0.251 e. The zero-order chi connectivity index (χ0) is 9.26. The summed E-state index contributed by atoms with van der Waals surface area (Å²) in [5.74, 6) is 0. The van der Waals surface area contributed by atoms with E-state index in [-0.39, 0.29) is 0 Å². The Morgan fingerprint density at radius 2 is 2.00 bits per heavy atom. The molecule has 1 atom stereocenters. The highest BCUT2D eigenvalue weighted by atomic mass is 31.1. The maximum absolute atomic E-state index is 10.9. The van der Waals surface area contributed by atoms with Gasteiger partial charge in [-0.3, -0.25) is 4.98 Å². The van der Waals surface area contributed by atoms with Crippen LogP contribution in [-0.2, 0) is 4.57 Å². The van der Waals surface area contributed by atoms with E-state index in [4.69, 9.17) is 4.89 Å². The minimum atomic E-state index is -2.31. The quantitative estimate of drug-likeness (QED) is 0.698. The van der Waals surface area contributed by atoms with Crippen LogP contribution in [0.5, 0.6) is 0 Å². The van der Waals surface area contributed by atoms with Gasteiger partial charge in [0.05, 0.1) is 0 Å². The van der Waals surface area contributed by atoms with Crippen LogP contribution >= 0.6 is 8.03 Å². The van der Waals surface area contributed by atoms with Crippen LogP contribution in [0.25, 0.3) is 10.9 Å². The molecule has 0 bridgehead atoms. The highest BCUT2D eigenvalue weighted by molar-refractivity contribution is 7.48. The SMILES string of the molecule is O=[P+](O)c1cccc2cccnc12. The van der Waals surface area contributed by atoms with Crippen LogP contribution in [0.1, 0.15) is 0 Å². The van der Waals surface area contributed by atoms with Gasteiger partial charge in [-0.1, -0.05) is 18.2 Å². The third-order valence-electron chi connectivity index (χ3n) is 1.82. The van der Waals surface area contributed by atoms with Gasteiger partial charge in [-0.2, -0.15) is 4.89 Å². The van der Waals surface area contributed by atoms with Gasteiger partial charge in [0, 0.05) is 11.6 Å². The number of hydrogen-bond donors (Lipinski definition) is 1. The first-order chi connectivity index (χ1) is 6.29. The van der Waals surface area contributed by atoms with E-state index in [2.05, 4.69) is 4.98 Å². The first-order valence-corrected chi connectivity index (χ1v) is 5.00. The van der Waals surface area contributed by atoms with Crippen LogP contribution < -0.4 is 5.30 Å². The summed E-state index contributed by atoms with van der Waals surface area (Å²) in [7, 11) is -2.31. The topological polar surface area (TPSA) is 50.2 Å². The molecule has 0 radical (unpaired) electrons. The number of aromatic nitrogens is 1. The number of pyridine rings is 1. The molecule has 0 fully saturated rings. The monoisotopic (exact) mass is 192 g/mol. The summed E-state index contributed by atoms with van der Waals surface area (Å²) in [4.78, 5) is 13.0. The molecule has 1 N–H and O–H groups in total. The molecule has 2 aromatic rings. The molecule has 0 amide bonds. The van der Waals surface area contributed by atoms with Gasteiger partial charge in [0.2, 0.25) is 5.30 Å². The molecule has 0 aliphatic carbocycles. The summed E-state index contributed by atoms with van der Waals surface area (Å²) in [6, 6.07) is 8.91. The summed E-state index contributed by atoms with van der Waals surface area (Å²) in [5, 5.41) is 1.28. The Bertz CT molecular complexity index is 465. The van der Waals surface area contributed by atoms with Crippen LogP contribution in [-0.4, -0.2) is 9.88 Å². The summed E-state index contributed by atoms with van der Waals surface area (Å²) in [5.41, 5.74) is 0.605. The highest BCUT2D eigenvalue weighted by Gasteiger charge is 2.20. The molecule has 0 aliphatic heterocycles. The third kappa shape index (κ3) is 1.44. The molecule has 4 heteroatoms. The van der Waals surface area contributed by atoms with Gasteiger partial charge < -0.3 is 0 Å². The van der Waals surface area contributed by atoms with E-state index in [0.717, 1.165) is 5.39 Å². The van der Waals surface area contributed by atoms with E-state index >= 15 is 0 Å². The lowest BCUT2D eigenvalue weighted by atomic mass is 10.2. The normalized spacial score (nSPS) is 11.6. The molecule has 0 saturated carbocycles. The minimum absolute atomic E-state index is 0.396. The second kappa shape index (κ2) is 3.21. The molecule has 1 aromatic carbocycles. The lowest BCUT2D eigenvalue weighted by Crippen LogP contribution is -1.99. The van der Waals surface area contributed by atoms with Crippen molar-refractivity contribution in [2.75, 3.05) is 0 Å². The molecule has 13 heavy (non-hydrogen) atoms. The average molecular weight is 192 g/mol. The van der Waals surface area contributed by atoms with Crippen LogP contribution in [0.3, 0.4) is 0 Å². The Morgan fingerprint density at radius 3 is 2.77 bits per heavy atom. The fourth-order valence-electron chi connectivity index (χ4n) is 1.24. The third-order valence-corrected chi connectivity index (χ3v) is 2.59. The Kier molecular flexibility index (Phi) is 2.05. The van der Waals surface area contributed by atoms with Crippen molar-refractivity contribution in [3.63, 3.8) is 0 Å². The fraction of sp³-hybridized carbons (Fsp3) is 0. The molecular formula is C9H7NO2P+. The van der Waals surface area contributed by atoms with Crippen molar-refractivity contribution in [3.8, 4) is 0 Å². The van der Waals surface area contributed by atoms with Crippen molar-refractivity contribution in [2.24, 2.45) is 0 Å². The lowest BCUT2D eigenvalue weighted by molar-refractivity contribution is 0.513. The largest absolute Gasteiger partial charge is 0.548 e. The van der Waals surface area contributed by atoms with Crippen molar-refractivity contribution < 1.29 is 9.46 Å². The van der Waals surface area contributed by atoms with Gasteiger partial charge in [-0.05, 0) is 16.7 Å². The number of rotatable bonds is 1. The van der Waals surface area contributed by atoms with E-state index in [1.165, 1.54) is 0 Å². The summed E-state index contributed by atoms with van der Waals surface area (Å²) >= 11 is 0. The Hall–Kier alpha value is -1.31. The smallest absolute Gasteiger partial charge is 0.251 e. The summed E-state index contributed by atoms with van der Waals surface area (Å²) < 4.78 is 10.9. The van der Waals surface area contributed by atoms with Crippen molar-refractivity contribution in [3.05, 3.63) is 36.5 Å². The predicted octanol–water partition coefficient (Wildman–Crippen LogP) is 1.59. The lowest BCUT2D eigenvalue weighted by Gasteiger charge is -1.93. The predicted molar refractivity (Wildman–Crippen MR) is 51.2 cm³/mol. The average Bonchev–Trinajstić information content (AvgIpc) is 2.17. The van der Waals surface area contributed by atoms with Crippen LogP contribution in [0, 0.1) is 0 Å². The number of fused-ring (bicyclic) bond motifs is 1. The van der Waals surface area contributed by atoms with E-state index in [9.17, 15) is 4.57 Å². The van der Waals surface area contributed by atoms with Gasteiger partial charge in [-0.15, -0.1) is 0 Å². The molecule has 1 heterocycles. The van der Waals surface area contributed by atoms with Gasteiger partial charge in [0.1, 0.15) is 5.52 Å². The molecule has 2 rings (SSSR count).